The van der Waals surface area contributed by atoms with Gasteiger partial charge in [-0.05, 0) is 54.3 Å². The molecule has 2 aromatic carbocycles. The summed E-state index contributed by atoms with van der Waals surface area (Å²) >= 11 is 0. The van der Waals surface area contributed by atoms with Crippen LogP contribution in [0.25, 0.3) is 0 Å². The Hall–Kier alpha value is -2.04. The van der Waals surface area contributed by atoms with E-state index in [4.69, 9.17) is 9.47 Å². The van der Waals surface area contributed by atoms with Crippen molar-refractivity contribution in [3.63, 3.8) is 0 Å². The van der Waals surface area contributed by atoms with E-state index in [2.05, 4.69) is 52.3 Å². The highest BCUT2D eigenvalue weighted by Gasteiger charge is 2.27. The van der Waals surface area contributed by atoms with Crippen LogP contribution in [0.5, 0.6) is 5.75 Å². The van der Waals surface area contributed by atoms with Gasteiger partial charge < -0.3 is 14.4 Å². The predicted molar refractivity (Wildman–Crippen MR) is 108 cm³/mol. The summed E-state index contributed by atoms with van der Waals surface area (Å²) in [6, 6.07) is 16.5. The van der Waals surface area contributed by atoms with Crippen LogP contribution < -0.4 is 9.64 Å². The molecule has 27 heavy (non-hydrogen) atoms. The second-order valence-electron chi connectivity index (χ2n) is 7.86. The normalized spacial score (nSPS) is 22.7. The highest BCUT2D eigenvalue weighted by Crippen LogP contribution is 2.37. The zero-order valence-electron chi connectivity index (χ0n) is 15.9. The van der Waals surface area contributed by atoms with E-state index >= 15 is 0 Å². The van der Waals surface area contributed by atoms with Crippen LogP contribution in [0.4, 0.5) is 5.69 Å². The van der Waals surface area contributed by atoms with Crippen molar-refractivity contribution in [3.8, 4) is 5.75 Å². The van der Waals surface area contributed by atoms with Gasteiger partial charge in [-0.25, -0.2) is 0 Å². The molecule has 1 atom stereocenters. The second kappa shape index (κ2) is 7.53. The van der Waals surface area contributed by atoms with Crippen LogP contribution in [-0.4, -0.2) is 44.4 Å². The maximum Gasteiger partial charge on any atom is 0.122 e. The Morgan fingerprint density at radius 3 is 2.63 bits per heavy atom. The van der Waals surface area contributed by atoms with Crippen LogP contribution in [0, 0.1) is 0 Å². The van der Waals surface area contributed by atoms with Crippen LogP contribution in [0.15, 0.2) is 42.5 Å². The molecule has 3 aliphatic heterocycles. The van der Waals surface area contributed by atoms with Crippen molar-refractivity contribution in [3.05, 3.63) is 59.2 Å². The number of likely N-dealkylation sites (tertiary alicyclic amines) is 1. The SMILES string of the molecule is c1cc(N2CCOCC2)ccc1CN1CCCC1c1ccc2c(c1)OCC2. The summed E-state index contributed by atoms with van der Waals surface area (Å²) in [7, 11) is 0. The molecule has 0 N–H and O–H groups in total. The van der Waals surface area contributed by atoms with Crippen molar-refractivity contribution in [1.82, 2.24) is 4.90 Å². The van der Waals surface area contributed by atoms with Crippen LogP contribution in [0.3, 0.4) is 0 Å². The molecule has 3 heterocycles. The monoisotopic (exact) mass is 364 g/mol. The Morgan fingerprint density at radius 1 is 0.926 bits per heavy atom. The molecule has 2 saturated heterocycles. The number of rotatable bonds is 4. The molecular formula is C23H28N2O2. The first-order valence-electron chi connectivity index (χ1n) is 10.3. The van der Waals surface area contributed by atoms with E-state index < -0.39 is 0 Å². The van der Waals surface area contributed by atoms with Gasteiger partial charge in [0.15, 0.2) is 0 Å². The Bertz CT molecular complexity index is 783. The maximum absolute atomic E-state index is 5.79. The standard InChI is InChI=1S/C23H28N2O2/c1-2-22(20-6-5-19-9-13-27-23(19)16-20)25(10-1)17-18-3-7-21(8-4-18)24-11-14-26-15-12-24/h3-8,16,22H,1-2,9-15,17H2. The van der Waals surface area contributed by atoms with Crippen molar-refractivity contribution in [1.29, 1.82) is 0 Å². The molecule has 0 saturated carbocycles. The summed E-state index contributed by atoms with van der Waals surface area (Å²) < 4.78 is 11.2. The second-order valence-corrected chi connectivity index (χ2v) is 7.86. The van der Waals surface area contributed by atoms with Crippen molar-refractivity contribution in [2.75, 3.05) is 44.4 Å². The van der Waals surface area contributed by atoms with E-state index in [1.807, 2.05) is 0 Å². The Kier molecular flexibility index (Phi) is 4.76. The summed E-state index contributed by atoms with van der Waals surface area (Å²) in [6.45, 7) is 6.69. The molecule has 0 bridgehead atoms. The number of morpholine rings is 1. The van der Waals surface area contributed by atoms with Gasteiger partial charge in [-0.3, -0.25) is 4.90 Å². The molecule has 2 aromatic rings. The number of benzene rings is 2. The minimum Gasteiger partial charge on any atom is -0.493 e. The lowest BCUT2D eigenvalue weighted by atomic mass is 10.0. The number of anilines is 1. The molecule has 0 radical (unpaired) electrons. The van der Waals surface area contributed by atoms with Gasteiger partial charge in [-0.2, -0.15) is 0 Å². The lowest BCUT2D eigenvalue weighted by molar-refractivity contribution is 0.122. The van der Waals surface area contributed by atoms with Crippen molar-refractivity contribution >= 4 is 5.69 Å². The van der Waals surface area contributed by atoms with Crippen LogP contribution in [0.2, 0.25) is 0 Å². The molecule has 4 heteroatoms. The van der Waals surface area contributed by atoms with Gasteiger partial charge in [0.05, 0.1) is 19.8 Å². The summed E-state index contributed by atoms with van der Waals surface area (Å²) in [5.74, 6) is 1.11. The average molecular weight is 364 g/mol. The topological polar surface area (TPSA) is 24.9 Å². The molecular weight excluding hydrogens is 336 g/mol. The van der Waals surface area contributed by atoms with E-state index in [1.54, 1.807) is 0 Å². The van der Waals surface area contributed by atoms with Crippen LogP contribution >= 0.6 is 0 Å². The number of ether oxygens (including phenoxy) is 2. The van der Waals surface area contributed by atoms with Gasteiger partial charge in [-0.15, -0.1) is 0 Å². The van der Waals surface area contributed by atoms with Gasteiger partial charge in [0.25, 0.3) is 0 Å². The van der Waals surface area contributed by atoms with E-state index in [-0.39, 0.29) is 0 Å². The highest BCUT2D eigenvalue weighted by atomic mass is 16.5. The minimum absolute atomic E-state index is 0.512. The van der Waals surface area contributed by atoms with Crippen molar-refractivity contribution in [2.45, 2.75) is 31.8 Å². The fourth-order valence-corrected chi connectivity index (χ4v) is 4.65. The molecule has 5 rings (SSSR count). The summed E-state index contributed by atoms with van der Waals surface area (Å²) in [5, 5.41) is 0. The summed E-state index contributed by atoms with van der Waals surface area (Å²) in [5.41, 5.74) is 5.49. The Morgan fingerprint density at radius 2 is 1.78 bits per heavy atom. The largest absolute Gasteiger partial charge is 0.493 e. The number of hydrogen-bond acceptors (Lipinski definition) is 4. The molecule has 0 aliphatic carbocycles. The first-order chi connectivity index (χ1) is 13.4. The summed E-state index contributed by atoms with van der Waals surface area (Å²) in [6.07, 6.45) is 3.57. The van der Waals surface area contributed by atoms with Gasteiger partial charge in [-0.1, -0.05) is 24.3 Å². The molecule has 0 aromatic heterocycles. The third-order valence-electron chi connectivity index (χ3n) is 6.17. The molecule has 4 nitrogen and oxygen atoms in total. The number of fused-ring (bicyclic) bond motifs is 1. The molecule has 3 aliphatic rings. The van der Waals surface area contributed by atoms with Crippen LogP contribution in [0.1, 0.15) is 35.6 Å². The quantitative estimate of drug-likeness (QED) is 0.824. The van der Waals surface area contributed by atoms with Gasteiger partial charge in [0.2, 0.25) is 0 Å². The Balaban J connectivity index is 1.28. The predicted octanol–water partition coefficient (Wildman–Crippen LogP) is 3.80. The van der Waals surface area contributed by atoms with Crippen molar-refractivity contribution in [2.24, 2.45) is 0 Å². The fourth-order valence-electron chi connectivity index (χ4n) is 4.65. The minimum atomic E-state index is 0.512. The van der Waals surface area contributed by atoms with Crippen molar-refractivity contribution < 1.29 is 9.47 Å². The van der Waals surface area contributed by atoms with E-state index in [0.717, 1.165) is 51.6 Å². The summed E-state index contributed by atoms with van der Waals surface area (Å²) in [4.78, 5) is 5.04. The zero-order chi connectivity index (χ0) is 18.1. The fraction of sp³-hybridized carbons (Fsp3) is 0.478. The maximum atomic E-state index is 5.79. The molecule has 0 spiro atoms. The third kappa shape index (κ3) is 3.56. The number of nitrogens with zero attached hydrogens (tertiary/aromatic N) is 2. The lowest BCUT2D eigenvalue weighted by Crippen LogP contribution is -2.36. The lowest BCUT2D eigenvalue weighted by Gasteiger charge is -2.29. The van der Waals surface area contributed by atoms with E-state index in [0.29, 0.717) is 6.04 Å². The van der Waals surface area contributed by atoms with Gasteiger partial charge >= 0.3 is 0 Å². The first-order valence-corrected chi connectivity index (χ1v) is 10.3. The highest BCUT2D eigenvalue weighted by molar-refractivity contribution is 5.48. The van der Waals surface area contributed by atoms with Gasteiger partial charge in [0, 0.05) is 37.8 Å². The zero-order valence-corrected chi connectivity index (χ0v) is 15.9. The first kappa shape index (κ1) is 17.1. The third-order valence-corrected chi connectivity index (χ3v) is 6.17. The average Bonchev–Trinajstić information content (AvgIpc) is 3.38. The van der Waals surface area contributed by atoms with Crippen LogP contribution in [-0.2, 0) is 17.7 Å². The van der Waals surface area contributed by atoms with E-state index in [1.165, 1.54) is 41.8 Å². The Labute approximate surface area is 161 Å². The smallest absolute Gasteiger partial charge is 0.122 e. The molecule has 1 unspecified atom stereocenters. The molecule has 142 valence electrons. The van der Waals surface area contributed by atoms with E-state index in [9.17, 15) is 0 Å². The number of hydrogen-bond donors (Lipinski definition) is 0. The molecule has 0 amide bonds. The molecule has 2 fully saturated rings. The van der Waals surface area contributed by atoms with Gasteiger partial charge in [0.1, 0.15) is 5.75 Å².